The van der Waals surface area contributed by atoms with E-state index in [9.17, 15) is 19.1 Å². The van der Waals surface area contributed by atoms with Crippen molar-refractivity contribution in [2.24, 2.45) is 7.05 Å². The minimum Gasteiger partial charge on any atom is -0.486 e. The van der Waals surface area contributed by atoms with E-state index in [-0.39, 0.29) is 23.4 Å². The normalized spacial score (nSPS) is 13.6. The van der Waals surface area contributed by atoms with Crippen LogP contribution in [0.5, 0.6) is 11.5 Å². The number of ether oxygens (including phenoxy) is 2. The molecule has 1 atom stereocenters. The molecule has 3 heterocycles. The number of hydrogen-bond acceptors (Lipinski definition) is 7. The van der Waals surface area contributed by atoms with Crippen molar-refractivity contribution in [2.75, 3.05) is 26.8 Å². The van der Waals surface area contributed by atoms with Crippen molar-refractivity contribution in [3.63, 3.8) is 0 Å². The van der Waals surface area contributed by atoms with Crippen LogP contribution in [0.15, 0.2) is 53.5 Å². The number of rotatable bonds is 8. The predicted octanol–water partition coefficient (Wildman–Crippen LogP) is 3.91. The molecule has 0 radical (unpaired) electrons. The summed E-state index contributed by atoms with van der Waals surface area (Å²) in [5.74, 6) is 0.482. The predicted molar refractivity (Wildman–Crippen MR) is 148 cm³/mol. The van der Waals surface area contributed by atoms with Crippen LogP contribution in [0.4, 0.5) is 4.39 Å². The number of fused-ring (bicyclic) bond motifs is 2. The third-order valence-electron chi connectivity index (χ3n) is 6.80. The van der Waals surface area contributed by atoms with Crippen molar-refractivity contribution in [1.82, 2.24) is 14.8 Å². The van der Waals surface area contributed by atoms with Crippen LogP contribution >= 0.6 is 11.3 Å². The number of aliphatic hydroxyl groups is 1. The van der Waals surface area contributed by atoms with Crippen molar-refractivity contribution in [3.05, 3.63) is 91.8 Å². The molecule has 2 aromatic heterocycles. The van der Waals surface area contributed by atoms with Crippen LogP contribution in [-0.2, 0) is 20.1 Å². The second kappa shape index (κ2) is 11.2. The molecule has 0 saturated carbocycles. The van der Waals surface area contributed by atoms with Crippen LogP contribution in [0.2, 0.25) is 0 Å². The lowest BCUT2D eigenvalue weighted by atomic mass is 10.1. The lowest BCUT2D eigenvalue weighted by molar-refractivity contribution is 0.0949. The Labute approximate surface area is 229 Å². The quantitative estimate of drug-likeness (QED) is 0.345. The average Bonchev–Trinajstić information content (AvgIpc) is 3.26. The third kappa shape index (κ3) is 5.68. The molecule has 0 saturated heterocycles. The van der Waals surface area contributed by atoms with Gasteiger partial charge in [-0.05, 0) is 54.9 Å². The van der Waals surface area contributed by atoms with Crippen molar-refractivity contribution in [1.29, 1.82) is 0 Å². The zero-order valence-electron chi connectivity index (χ0n) is 22.0. The van der Waals surface area contributed by atoms with E-state index in [1.807, 2.05) is 48.7 Å². The van der Waals surface area contributed by atoms with Gasteiger partial charge in [-0.2, -0.15) is 0 Å². The summed E-state index contributed by atoms with van der Waals surface area (Å²) in [4.78, 5) is 29.2. The Bertz CT molecular complexity index is 1580. The number of carbonyl (C=O) groups excluding carboxylic acids is 1. The molecule has 1 aliphatic heterocycles. The van der Waals surface area contributed by atoms with E-state index in [0.717, 1.165) is 27.1 Å². The fourth-order valence-corrected chi connectivity index (χ4v) is 6.12. The van der Waals surface area contributed by atoms with E-state index in [0.29, 0.717) is 42.5 Å². The summed E-state index contributed by atoms with van der Waals surface area (Å²) in [6.45, 7) is 4.04. The maximum atomic E-state index is 13.3. The van der Waals surface area contributed by atoms with E-state index in [4.69, 9.17) is 9.47 Å². The van der Waals surface area contributed by atoms with Gasteiger partial charge in [-0.15, -0.1) is 11.3 Å². The van der Waals surface area contributed by atoms with Gasteiger partial charge in [0, 0.05) is 37.8 Å². The average molecular weight is 552 g/mol. The van der Waals surface area contributed by atoms with Gasteiger partial charge >= 0.3 is 0 Å². The first-order chi connectivity index (χ1) is 18.7. The summed E-state index contributed by atoms with van der Waals surface area (Å²) >= 11 is 1.37. The molecule has 2 aromatic carbocycles. The lowest BCUT2D eigenvalue weighted by Gasteiger charge is -2.23. The van der Waals surface area contributed by atoms with Crippen LogP contribution in [0.25, 0.3) is 10.2 Å². The van der Waals surface area contributed by atoms with Crippen LogP contribution in [-0.4, -0.2) is 47.3 Å². The molecule has 5 rings (SSSR count). The molecule has 0 aliphatic carbocycles. The number of pyridine rings is 1. The Morgan fingerprint density at radius 2 is 1.90 bits per heavy atom. The fraction of sp³-hybridized carbons (Fsp3) is 0.310. The van der Waals surface area contributed by atoms with Gasteiger partial charge in [-0.1, -0.05) is 18.2 Å². The van der Waals surface area contributed by atoms with Crippen LogP contribution in [0.1, 0.15) is 38.0 Å². The number of aliphatic hydroxyl groups excluding tert-OH is 1. The van der Waals surface area contributed by atoms with Gasteiger partial charge in [0.25, 0.3) is 5.91 Å². The first-order valence-electron chi connectivity index (χ1n) is 12.6. The summed E-state index contributed by atoms with van der Waals surface area (Å²) in [6.07, 6.45) is 0.826. The highest BCUT2D eigenvalue weighted by atomic mass is 32.1. The highest BCUT2D eigenvalue weighted by Crippen LogP contribution is 2.33. The van der Waals surface area contributed by atoms with Gasteiger partial charge in [-0.25, -0.2) is 4.39 Å². The molecule has 204 valence electrons. The monoisotopic (exact) mass is 551 g/mol. The van der Waals surface area contributed by atoms with Gasteiger partial charge in [-0.3, -0.25) is 14.5 Å². The van der Waals surface area contributed by atoms with Gasteiger partial charge in [0.05, 0.1) is 16.3 Å². The molecular weight excluding hydrogens is 521 g/mol. The highest BCUT2D eigenvalue weighted by Gasteiger charge is 2.22. The number of amides is 1. The Hall–Kier alpha value is -3.73. The largest absolute Gasteiger partial charge is 0.486 e. The molecule has 39 heavy (non-hydrogen) atoms. The Kier molecular flexibility index (Phi) is 7.69. The zero-order valence-corrected chi connectivity index (χ0v) is 22.8. The SMILES string of the molecule is Cc1c(CN(C)CC(O)c2ccc3c(c2)OCCO3)sc2c(=O)c(C(=O)NCc3ccc(F)cc3)cn(C)c12. The summed E-state index contributed by atoms with van der Waals surface area (Å²) in [5.41, 5.74) is 2.96. The number of aromatic nitrogens is 1. The molecule has 0 spiro atoms. The first-order valence-corrected chi connectivity index (χ1v) is 13.4. The number of aryl methyl sites for hydroxylation is 2. The van der Waals surface area contributed by atoms with E-state index in [1.54, 1.807) is 18.3 Å². The molecule has 0 fully saturated rings. The first kappa shape index (κ1) is 26.9. The van der Waals surface area contributed by atoms with Crippen molar-refractivity contribution >= 4 is 27.5 Å². The second-order valence-electron chi connectivity index (χ2n) is 9.74. The van der Waals surface area contributed by atoms with Crippen LogP contribution < -0.4 is 20.2 Å². The van der Waals surface area contributed by atoms with E-state index < -0.39 is 12.0 Å². The lowest BCUT2D eigenvalue weighted by Crippen LogP contribution is -2.29. The number of nitrogens with zero attached hydrogens (tertiary/aromatic N) is 2. The molecule has 0 bridgehead atoms. The molecule has 10 heteroatoms. The smallest absolute Gasteiger partial charge is 0.257 e. The van der Waals surface area contributed by atoms with Gasteiger partial charge in [0.15, 0.2) is 11.5 Å². The molecule has 1 unspecified atom stereocenters. The maximum Gasteiger partial charge on any atom is 0.257 e. The molecule has 2 N–H and O–H groups in total. The van der Waals surface area contributed by atoms with E-state index in [1.165, 1.54) is 23.5 Å². The summed E-state index contributed by atoms with van der Waals surface area (Å²) in [5, 5.41) is 13.6. The molecule has 4 aromatic rings. The minimum atomic E-state index is -0.733. The van der Waals surface area contributed by atoms with Gasteiger partial charge in [0.2, 0.25) is 5.43 Å². The standard InChI is InChI=1S/C29H30FN3O5S/c1-17-25(16-32(2)15-22(34)19-6-9-23-24(12-19)38-11-10-37-23)39-28-26(17)33(3)14-21(27(28)35)29(36)31-13-18-4-7-20(30)8-5-18/h4-9,12,14,22,34H,10-11,13,15-16H2,1-3H3,(H,31,36). The minimum absolute atomic E-state index is 0.0577. The Balaban J connectivity index is 1.31. The maximum absolute atomic E-state index is 13.3. The number of likely N-dealkylation sites (N-methyl/N-ethyl adjacent to an activating group) is 1. The number of thiophene rings is 1. The molecule has 1 amide bonds. The number of hydrogen-bond donors (Lipinski definition) is 2. The van der Waals surface area contributed by atoms with Crippen molar-refractivity contribution in [2.45, 2.75) is 26.1 Å². The number of halogens is 1. The van der Waals surface area contributed by atoms with Gasteiger partial charge in [0.1, 0.15) is 24.6 Å². The van der Waals surface area contributed by atoms with E-state index >= 15 is 0 Å². The summed E-state index contributed by atoms with van der Waals surface area (Å²) in [6, 6.07) is 11.3. The molecule has 8 nitrogen and oxygen atoms in total. The number of carbonyl (C=O) groups is 1. The highest BCUT2D eigenvalue weighted by molar-refractivity contribution is 7.19. The third-order valence-corrected chi connectivity index (χ3v) is 8.06. The molecule has 1 aliphatic rings. The van der Waals surface area contributed by atoms with Crippen LogP contribution in [0.3, 0.4) is 0 Å². The van der Waals surface area contributed by atoms with E-state index in [2.05, 4.69) is 5.32 Å². The molecular formula is C29H30FN3O5S. The Morgan fingerprint density at radius 3 is 2.64 bits per heavy atom. The van der Waals surface area contributed by atoms with Crippen molar-refractivity contribution < 1.29 is 23.8 Å². The number of benzene rings is 2. The summed E-state index contributed by atoms with van der Waals surface area (Å²) in [7, 11) is 3.73. The number of nitrogens with one attached hydrogen (secondary N) is 1. The van der Waals surface area contributed by atoms with Gasteiger partial charge < -0.3 is 24.5 Å². The van der Waals surface area contributed by atoms with Crippen LogP contribution in [0, 0.1) is 12.7 Å². The fourth-order valence-electron chi connectivity index (χ4n) is 4.74. The topological polar surface area (TPSA) is 93.0 Å². The second-order valence-corrected chi connectivity index (χ2v) is 10.8. The summed E-state index contributed by atoms with van der Waals surface area (Å²) < 4.78 is 26.7. The van der Waals surface area contributed by atoms with Crippen molar-refractivity contribution in [3.8, 4) is 11.5 Å². The zero-order chi connectivity index (χ0) is 27.7. The Morgan fingerprint density at radius 1 is 1.18 bits per heavy atom.